The van der Waals surface area contributed by atoms with E-state index < -0.39 is 10.0 Å². The predicted molar refractivity (Wildman–Crippen MR) is 116 cm³/mol. The molecule has 0 fully saturated rings. The summed E-state index contributed by atoms with van der Waals surface area (Å²) in [6.45, 7) is 10.4. The van der Waals surface area contributed by atoms with Crippen molar-refractivity contribution < 1.29 is 8.42 Å². The maximum absolute atomic E-state index is 13.1. The standard InChI is InChI=1S/C20H32N2O2S2/c1-5-7-12-21(13-14-25)26(23,24)16-17-15-20(3,4)22(6-2)19-11-9-8-10-18(17)19/h8-11,15,25H,5-7,12-14,16H2,1-4H3. The molecule has 0 radical (unpaired) electrons. The fraction of sp³-hybridized carbons (Fsp3) is 0.600. The van der Waals surface area contributed by atoms with Crippen LogP contribution in [0.15, 0.2) is 30.3 Å². The second-order valence-corrected chi connectivity index (χ2v) is 9.73. The molecule has 0 saturated heterocycles. The molecular formula is C20H32N2O2S2. The Morgan fingerprint density at radius 1 is 1.15 bits per heavy atom. The van der Waals surface area contributed by atoms with Crippen LogP contribution in [0.3, 0.4) is 0 Å². The number of likely N-dealkylation sites (N-methyl/N-ethyl adjacent to an activating group) is 1. The van der Waals surface area contributed by atoms with Gasteiger partial charge < -0.3 is 4.90 Å². The Hall–Kier alpha value is -0.980. The smallest absolute Gasteiger partial charge is 0.218 e. The Balaban J connectivity index is 2.39. The first-order chi connectivity index (χ1) is 12.3. The van der Waals surface area contributed by atoms with E-state index >= 15 is 0 Å². The first-order valence-corrected chi connectivity index (χ1v) is 11.7. The van der Waals surface area contributed by atoms with Gasteiger partial charge in [-0.3, -0.25) is 0 Å². The van der Waals surface area contributed by atoms with Crippen LogP contribution >= 0.6 is 12.6 Å². The Morgan fingerprint density at radius 2 is 1.85 bits per heavy atom. The largest absolute Gasteiger partial charge is 0.363 e. The predicted octanol–water partition coefficient (Wildman–Crippen LogP) is 4.05. The zero-order valence-electron chi connectivity index (χ0n) is 16.4. The summed E-state index contributed by atoms with van der Waals surface area (Å²) in [7, 11) is -3.38. The number of para-hydroxylation sites is 1. The van der Waals surface area contributed by atoms with Crippen molar-refractivity contribution in [3.8, 4) is 0 Å². The molecular weight excluding hydrogens is 364 g/mol. The molecule has 0 bridgehead atoms. The van der Waals surface area contributed by atoms with E-state index in [1.54, 1.807) is 4.31 Å². The molecule has 1 aliphatic heterocycles. The molecule has 2 rings (SSSR count). The maximum atomic E-state index is 13.1. The van der Waals surface area contributed by atoms with Crippen LogP contribution in [0.2, 0.25) is 0 Å². The number of rotatable bonds is 9. The van der Waals surface area contributed by atoms with Crippen LogP contribution in [0.1, 0.15) is 46.1 Å². The van der Waals surface area contributed by atoms with Gasteiger partial charge >= 0.3 is 0 Å². The van der Waals surface area contributed by atoms with Crippen molar-refractivity contribution in [2.45, 2.75) is 46.1 Å². The number of benzene rings is 1. The second-order valence-electron chi connectivity index (χ2n) is 7.32. The number of sulfonamides is 1. The molecule has 1 aromatic carbocycles. The van der Waals surface area contributed by atoms with Crippen molar-refractivity contribution in [3.63, 3.8) is 0 Å². The number of anilines is 1. The first kappa shape index (κ1) is 21.3. The zero-order valence-corrected chi connectivity index (χ0v) is 18.1. The average Bonchev–Trinajstić information content (AvgIpc) is 2.57. The number of hydrogen-bond donors (Lipinski definition) is 1. The Bertz CT molecular complexity index is 742. The molecule has 26 heavy (non-hydrogen) atoms. The third kappa shape index (κ3) is 4.65. The van der Waals surface area contributed by atoms with Crippen LogP contribution in [0.4, 0.5) is 5.69 Å². The summed E-state index contributed by atoms with van der Waals surface area (Å²) in [6.07, 6.45) is 3.97. The van der Waals surface area contributed by atoms with Crippen molar-refractivity contribution in [1.29, 1.82) is 0 Å². The number of thiol groups is 1. The lowest BCUT2D eigenvalue weighted by Crippen LogP contribution is -2.45. The average molecular weight is 397 g/mol. The van der Waals surface area contributed by atoms with Gasteiger partial charge in [0.2, 0.25) is 10.0 Å². The van der Waals surface area contributed by atoms with Gasteiger partial charge in [-0.25, -0.2) is 12.7 Å². The van der Waals surface area contributed by atoms with Gasteiger partial charge in [0.25, 0.3) is 0 Å². The fourth-order valence-corrected chi connectivity index (χ4v) is 5.66. The molecule has 1 aromatic rings. The van der Waals surface area contributed by atoms with Gasteiger partial charge in [0, 0.05) is 36.6 Å². The van der Waals surface area contributed by atoms with Gasteiger partial charge in [-0.2, -0.15) is 12.6 Å². The molecule has 0 spiro atoms. The Kier molecular flexibility index (Phi) is 7.22. The molecule has 0 atom stereocenters. The molecule has 0 unspecified atom stereocenters. The quantitative estimate of drug-likeness (QED) is 0.640. The van der Waals surface area contributed by atoms with E-state index in [1.807, 2.05) is 18.2 Å². The second kappa shape index (κ2) is 8.81. The van der Waals surface area contributed by atoms with Crippen molar-refractivity contribution >= 4 is 33.9 Å². The van der Waals surface area contributed by atoms with Crippen LogP contribution in [0, 0.1) is 0 Å². The van der Waals surface area contributed by atoms with Crippen LogP contribution in [0.5, 0.6) is 0 Å². The molecule has 1 heterocycles. The Labute approximate surface area is 164 Å². The van der Waals surface area contributed by atoms with E-state index in [-0.39, 0.29) is 11.3 Å². The topological polar surface area (TPSA) is 40.6 Å². The van der Waals surface area contributed by atoms with Crippen molar-refractivity contribution in [2.24, 2.45) is 0 Å². The van der Waals surface area contributed by atoms with Crippen molar-refractivity contribution in [3.05, 3.63) is 35.9 Å². The lowest BCUT2D eigenvalue weighted by atomic mass is 9.89. The summed E-state index contributed by atoms with van der Waals surface area (Å²) >= 11 is 4.25. The van der Waals surface area contributed by atoms with E-state index in [0.29, 0.717) is 18.8 Å². The minimum atomic E-state index is -3.38. The summed E-state index contributed by atoms with van der Waals surface area (Å²) in [6, 6.07) is 8.11. The first-order valence-electron chi connectivity index (χ1n) is 9.44. The third-order valence-corrected chi connectivity index (χ3v) is 6.95. The van der Waals surface area contributed by atoms with Crippen LogP contribution in [0.25, 0.3) is 5.57 Å². The van der Waals surface area contributed by atoms with Gasteiger partial charge in [-0.15, -0.1) is 0 Å². The monoisotopic (exact) mass is 396 g/mol. The number of hydrogen-bond acceptors (Lipinski definition) is 4. The highest BCUT2D eigenvalue weighted by Gasteiger charge is 2.33. The molecule has 0 aliphatic carbocycles. The fourth-order valence-electron chi connectivity index (χ4n) is 3.69. The minimum Gasteiger partial charge on any atom is -0.363 e. The van der Waals surface area contributed by atoms with E-state index in [1.165, 1.54) is 0 Å². The SMILES string of the molecule is CCCCN(CCS)S(=O)(=O)CC1=CC(C)(C)N(CC)c2ccccc21. The molecule has 0 N–H and O–H groups in total. The molecule has 0 amide bonds. The Morgan fingerprint density at radius 3 is 2.46 bits per heavy atom. The summed E-state index contributed by atoms with van der Waals surface area (Å²) < 4.78 is 27.8. The maximum Gasteiger partial charge on any atom is 0.218 e. The van der Waals surface area contributed by atoms with Crippen molar-refractivity contribution in [2.75, 3.05) is 36.0 Å². The highest BCUT2D eigenvalue weighted by molar-refractivity contribution is 7.89. The lowest BCUT2D eigenvalue weighted by molar-refractivity contribution is 0.423. The van der Waals surface area contributed by atoms with Crippen LogP contribution in [-0.4, -0.2) is 49.4 Å². The molecule has 0 saturated carbocycles. The minimum absolute atomic E-state index is 0.0441. The zero-order chi connectivity index (χ0) is 19.4. The van der Waals surface area contributed by atoms with E-state index in [0.717, 1.165) is 36.2 Å². The normalized spacial score (nSPS) is 16.5. The highest BCUT2D eigenvalue weighted by Crippen LogP contribution is 2.39. The summed E-state index contributed by atoms with van der Waals surface area (Å²) in [5.41, 5.74) is 2.82. The van der Waals surface area contributed by atoms with Crippen molar-refractivity contribution in [1.82, 2.24) is 4.31 Å². The van der Waals surface area contributed by atoms with E-state index in [2.05, 4.69) is 57.4 Å². The summed E-state index contributed by atoms with van der Waals surface area (Å²) in [4.78, 5) is 2.32. The summed E-state index contributed by atoms with van der Waals surface area (Å²) in [5.74, 6) is 0.580. The molecule has 1 aliphatic rings. The molecule has 0 aromatic heterocycles. The van der Waals surface area contributed by atoms with Gasteiger partial charge in [-0.05, 0) is 38.8 Å². The number of nitrogens with zero attached hydrogens (tertiary/aromatic N) is 2. The molecule has 6 heteroatoms. The van der Waals surface area contributed by atoms with Gasteiger partial charge in [0.05, 0.1) is 11.3 Å². The number of unbranched alkanes of at least 4 members (excludes halogenated alkanes) is 1. The van der Waals surface area contributed by atoms with Gasteiger partial charge in [-0.1, -0.05) is 37.6 Å². The lowest BCUT2D eigenvalue weighted by Gasteiger charge is -2.43. The third-order valence-electron chi connectivity index (χ3n) is 4.92. The van der Waals surface area contributed by atoms with Crippen LogP contribution in [-0.2, 0) is 10.0 Å². The molecule has 4 nitrogen and oxygen atoms in total. The highest BCUT2D eigenvalue weighted by atomic mass is 32.2. The van der Waals surface area contributed by atoms with E-state index in [4.69, 9.17) is 0 Å². The van der Waals surface area contributed by atoms with Gasteiger partial charge in [0.1, 0.15) is 0 Å². The van der Waals surface area contributed by atoms with Crippen LogP contribution < -0.4 is 4.90 Å². The van der Waals surface area contributed by atoms with E-state index in [9.17, 15) is 8.42 Å². The van der Waals surface area contributed by atoms with Gasteiger partial charge in [0.15, 0.2) is 0 Å². The number of fused-ring (bicyclic) bond motifs is 1. The summed E-state index contributed by atoms with van der Waals surface area (Å²) in [5, 5.41) is 0. The molecule has 146 valence electrons.